The number of ether oxygens (including phenoxy) is 2. The molecule has 2 rings (SSSR count). The first-order valence-electron chi connectivity index (χ1n) is 8.07. The molecule has 0 radical (unpaired) electrons. The van der Waals surface area contributed by atoms with Gasteiger partial charge in [0.05, 0.1) is 6.61 Å². The second kappa shape index (κ2) is 9.41. The van der Waals surface area contributed by atoms with Crippen molar-refractivity contribution in [2.45, 2.75) is 19.8 Å². The van der Waals surface area contributed by atoms with Crippen molar-refractivity contribution in [3.63, 3.8) is 0 Å². The molecule has 2 aromatic carbocycles. The number of hydrogen-bond acceptors (Lipinski definition) is 4. The lowest BCUT2D eigenvalue weighted by atomic mass is 10.2. The van der Waals surface area contributed by atoms with Gasteiger partial charge >= 0.3 is 5.97 Å². The number of aryl methyl sites for hydroxylation is 1. The molecule has 0 unspecified atom stereocenters. The predicted molar refractivity (Wildman–Crippen MR) is 94.1 cm³/mol. The summed E-state index contributed by atoms with van der Waals surface area (Å²) in [6.07, 6.45) is 0.792. The van der Waals surface area contributed by atoms with E-state index in [-0.39, 0.29) is 18.1 Å². The van der Waals surface area contributed by atoms with Gasteiger partial charge in [-0.15, -0.1) is 0 Å². The van der Waals surface area contributed by atoms with E-state index in [1.807, 2.05) is 0 Å². The van der Waals surface area contributed by atoms with E-state index >= 15 is 0 Å². The minimum absolute atomic E-state index is 0.157. The van der Waals surface area contributed by atoms with E-state index in [1.165, 1.54) is 24.3 Å². The zero-order valence-electron chi connectivity index (χ0n) is 14.3. The number of benzene rings is 2. The van der Waals surface area contributed by atoms with Crippen LogP contribution in [0.3, 0.4) is 0 Å². The Morgan fingerprint density at radius 1 is 1.08 bits per heavy atom. The SMILES string of the molecule is Cc1cc(OCC(=O)O)ccc1NC(=O)CCCOc1ccc(F)cc1. The van der Waals surface area contributed by atoms with Crippen molar-refractivity contribution in [3.8, 4) is 11.5 Å². The van der Waals surface area contributed by atoms with Gasteiger partial charge < -0.3 is 19.9 Å². The van der Waals surface area contributed by atoms with Crippen LogP contribution in [0.1, 0.15) is 18.4 Å². The van der Waals surface area contributed by atoms with Crippen LogP contribution in [-0.4, -0.2) is 30.2 Å². The van der Waals surface area contributed by atoms with Gasteiger partial charge in [-0.25, -0.2) is 9.18 Å². The van der Waals surface area contributed by atoms with E-state index in [9.17, 15) is 14.0 Å². The highest BCUT2D eigenvalue weighted by atomic mass is 19.1. The topological polar surface area (TPSA) is 84.9 Å². The first kappa shape index (κ1) is 19.2. The lowest BCUT2D eigenvalue weighted by molar-refractivity contribution is -0.139. The van der Waals surface area contributed by atoms with Gasteiger partial charge in [-0.05, 0) is 61.4 Å². The molecular formula is C19H20FNO5. The second-order valence-corrected chi connectivity index (χ2v) is 5.61. The number of carbonyl (C=O) groups is 2. The normalized spacial score (nSPS) is 10.2. The van der Waals surface area contributed by atoms with Crippen molar-refractivity contribution < 1.29 is 28.6 Å². The van der Waals surface area contributed by atoms with Gasteiger partial charge in [0.25, 0.3) is 0 Å². The number of carboxylic acids is 1. The Morgan fingerprint density at radius 2 is 1.77 bits per heavy atom. The molecule has 0 saturated carbocycles. The van der Waals surface area contributed by atoms with E-state index in [1.54, 1.807) is 25.1 Å². The van der Waals surface area contributed by atoms with E-state index in [0.29, 0.717) is 30.2 Å². The second-order valence-electron chi connectivity index (χ2n) is 5.61. The molecule has 2 aromatic rings. The van der Waals surface area contributed by atoms with Crippen LogP contribution in [0, 0.1) is 12.7 Å². The Bertz CT molecular complexity index is 761. The van der Waals surface area contributed by atoms with Crippen molar-refractivity contribution in [3.05, 3.63) is 53.8 Å². The van der Waals surface area contributed by atoms with Gasteiger partial charge in [-0.3, -0.25) is 4.79 Å². The fourth-order valence-electron chi connectivity index (χ4n) is 2.18. The highest BCUT2D eigenvalue weighted by Gasteiger charge is 2.07. The summed E-state index contributed by atoms with van der Waals surface area (Å²) in [5.41, 5.74) is 1.40. The molecule has 0 aliphatic heterocycles. The Balaban J connectivity index is 1.74. The number of amides is 1. The number of carboxylic acid groups (broad SMARTS) is 1. The number of aliphatic carboxylic acids is 1. The first-order valence-corrected chi connectivity index (χ1v) is 8.07. The quantitative estimate of drug-likeness (QED) is 0.669. The molecular weight excluding hydrogens is 341 g/mol. The fourth-order valence-corrected chi connectivity index (χ4v) is 2.18. The van der Waals surface area contributed by atoms with Crippen molar-refractivity contribution >= 4 is 17.6 Å². The number of hydrogen-bond donors (Lipinski definition) is 2. The van der Waals surface area contributed by atoms with Gasteiger partial charge in [0, 0.05) is 12.1 Å². The predicted octanol–water partition coefficient (Wildman–Crippen LogP) is 3.40. The zero-order chi connectivity index (χ0) is 18.9. The Hall–Kier alpha value is -3.09. The number of rotatable bonds is 9. The summed E-state index contributed by atoms with van der Waals surface area (Å²) in [7, 11) is 0. The first-order chi connectivity index (χ1) is 12.4. The number of nitrogens with one attached hydrogen (secondary N) is 1. The largest absolute Gasteiger partial charge is 0.494 e. The molecule has 0 aromatic heterocycles. The lowest BCUT2D eigenvalue weighted by Crippen LogP contribution is -2.14. The van der Waals surface area contributed by atoms with Crippen LogP contribution >= 0.6 is 0 Å². The molecule has 0 aliphatic rings. The van der Waals surface area contributed by atoms with Crippen LogP contribution in [-0.2, 0) is 9.59 Å². The Morgan fingerprint density at radius 3 is 2.42 bits per heavy atom. The van der Waals surface area contributed by atoms with Gasteiger partial charge in [-0.2, -0.15) is 0 Å². The molecule has 7 heteroatoms. The van der Waals surface area contributed by atoms with Gasteiger partial charge in [-0.1, -0.05) is 0 Å². The molecule has 0 heterocycles. The maximum absolute atomic E-state index is 12.8. The summed E-state index contributed by atoms with van der Waals surface area (Å²) in [5, 5.41) is 11.4. The molecule has 2 N–H and O–H groups in total. The average Bonchev–Trinajstić information content (AvgIpc) is 2.60. The summed E-state index contributed by atoms with van der Waals surface area (Å²) in [6, 6.07) is 10.6. The Kier molecular flexibility index (Phi) is 6.96. The summed E-state index contributed by atoms with van der Waals surface area (Å²) in [6.45, 7) is 1.72. The van der Waals surface area contributed by atoms with Crippen LogP contribution in [0.5, 0.6) is 11.5 Å². The number of carbonyl (C=O) groups excluding carboxylic acids is 1. The average molecular weight is 361 g/mol. The van der Waals surface area contributed by atoms with Crippen LogP contribution in [0.2, 0.25) is 0 Å². The van der Waals surface area contributed by atoms with Gasteiger partial charge in [0.2, 0.25) is 5.91 Å². The van der Waals surface area contributed by atoms with E-state index in [0.717, 1.165) is 5.56 Å². The third-order valence-electron chi connectivity index (χ3n) is 3.46. The van der Waals surface area contributed by atoms with Crippen LogP contribution in [0.4, 0.5) is 10.1 Å². The van der Waals surface area contributed by atoms with Gasteiger partial charge in [0.15, 0.2) is 6.61 Å². The van der Waals surface area contributed by atoms with E-state index in [4.69, 9.17) is 14.6 Å². The molecule has 0 aliphatic carbocycles. The molecule has 0 bridgehead atoms. The zero-order valence-corrected chi connectivity index (χ0v) is 14.3. The molecule has 0 spiro atoms. The lowest BCUT2D eigenvalue weighted by Gasteiger charge is -2.11. The van der Waals surface area contributed by atoms with Crippen LogP contribution in [0.25, 0.3) is 0 Å². The molecule has 6 nitrogen and oxygen atoms in total. The summed E-state index contributed by atoms with van der Waals surface area (Å²) in [5.74, 6) is -0.556. The summed E-state index contributed by atoms with van der Waals surface area (Å²) >= 11 is 0. The molecule has 138 valence electrons. The third-order valence-corrected chi connectivity index (χ3v) is 3.46. The van der Waals surface area contributed by atoms with Crippen molar-refractivity contribution in [2.75, 3.05) is 18.5 Å². The minimum atomic E-state index is -1.05. The molecule has 0 atom stereocenters. The maximum atomic E-state index is 12.8. The standard InChI is InChI=1S/C19H20FNO5/c1-13-11-16(26-12-19(23)24)8-9-17(13)21-18(22)3-2-10-25-15-6-4-14(20)5-7-15/h4-9,11H,2-3,10,12H2,1H3,(H,21,22)(H,23,24). The molecule has 0 fully saturated rings. The van der Waals surface area contributed by atoms with Crippen molar-refractivity contribution in [2.24, 2.45) is 0 Å². The number of anilines is 1. The fraction of sp³-hybridized carbons (Fsp3) is 0.263. The maximum Gasteiger partial charge on any atom is 0.341 e. The van der Waals surface area contributed by atoms with Crippen molar-refractivity contribution in [1.29, 1.82) is 0 Å². The highest BCUT2D eigenvalue weighted by Crippen LogP contribution is 2.21. The monoisotopic (exact) mass is 361 g/mol. The highest BCUT2D eigenvalue weighted by molar-refractivity contribution is 5.91. The summed E-state index contributed by atoms with van der Waals surface area (Å²) < 4.78 is 23.3. The van der Waals surface area contributed by atoms with Crippen LogP contribution < -0.4 is 14.8 Å². The Labute approximate surface area is 150 Å². The molecule has 1 amide bonds. The third kappa shape index (κ3) is 6.43. The van der Waals surface area contributed by atoms with E-state index < -0.39 is 12.6 Å². The number of halogens is 1. The summed E-state index contributed by atoms with van der Waals surface area (Å²) in [4.78, 5) is 22.5. The van der Waals surface area contributed by atoms with Crippen LogP contribution in [0.15, 0.2) is 42.5 Å². The molecule has 0 saturated heterocycles. The van der Waals surface area contributed by atoms with Crippen molar-refractivity contribution in [1.82, 2.24) is 0 Å². The molecule has 26 heavy (non-hydrogen) atoms. The smallest absolute Gasteiger partial charge is 0.341 e. The minimum Gasteiger partial charge on any atom is -0.494 e. The van der Waals surface area contributed by atoms with E-state index in [2.05, 4.69) is 5.32 Å². The van der Waals surface area contributed by atoms with Gasteiger partial charge in [0.1, 0.15) is 17.3 Å².